The van der Waals surface area contributed by atoms with Gasteiger partial charge < -0.3 is 9.84 Å². The second kappa shape index (κ2) is 5.58. The second-order valence-corrected chi connectivity index (χ2v) is 6.28. The maximum Gasteiger partial charge on any atom is 0.335 e. The number of carbonyl (C=O) groups is 1. The van der Waals surface area contributed by atoms with E-state index in [2.05, 4.69) is 0 Å². The summed E-state index contributed by atoms with van der Waals surface area (Å²) in [4.78, 5) is 10.5. The Balaban J connectivity index is 3.30. The Hall–Kier alpha value is -1.27. The average Bonchev–Trinajstić information content (AvgIpc) is 2.27. The summed E-state index contributed by atoms with van der Waals surface area (Å²) in [5.41, 5.74) is -0.161. The molecule has 1 aromatic carbocycles. The van der Waals surface area contributed by atoms with Crippen molar-refractivity contribution in [1.82, 2.24) is 0 Å². The van der Waals surface area contributed by atoms with Crippen LogP contribution in [-0.4, -0.2) is 25.6 Å². The molecule has 0 amide bonds. The number of aromatic carboxylic acids is 1. The SMILES string of the molecule is CCC(C)Oc1ccc(C(=O)O)cc1S(=O)(=O)Cl. The van der Waals surface area contributed by atoms with E-state index in [0.29, 0.717) is 6.42 Å². The highest BCUT2D eigenvalue weighted by Gasteiger charge is 2.20. The minimum absolute atomic E-state index is 0.0596. The van der Waals surface area contributed by atoms with Crippen molar-refractivity contribution in [3.05, 3.63) is 23.8 Å². The van der Waals surface area contributed by atoms with Crippen LogP contribution in [0.15, 0.2) is 23.1 Å². The summed E-state index contributed by atoms with van der Waals surface area (Å²) in [5.74, 6) is -1.17. The van der Waals surface area contributed by atoms with Gasteiger partial charge in [-0.05, 0) is 31.5 Å². The number of hydrogen-bond donors (Lipinski definition) is 1. The van der Waals surface area contributed by atoms with E-state index in [-0.39, 0.29) is 22.3 Å². The van der Waals surface area contributed by atoms with Crippen LogP contribution in [0.4, 0.5) is 0 Å². The maximum atomic E-state index is 11.4. The molecule has 0 aliphatic heterocycles. The molecule has 1 atom stereocenters. The van der Waals surface area contributed by atoms with Crippen molar-refractivity contribution in [3.8, 4) is 5.75 Å². The molecule has 1 rings (SSSR count). The first-order valence-corrected chi connectivity index (χ1v) is 7.55. The number of benzene rings is 1. The molecule has 0 aliphatic carbocycles. The van der Waals surface area contributed by atoms with Crippen LogP contribution >= 0.6 is 10.7 Å². The molecule has 1 aromatic rings. The van der Waals surface area contributed by atoms with Crippen molar-refractivity contribution in [2.24, 2.45) is 0 Å². The van der Waals surface area contributed by atoms with Crippen molar-refractivity contribution in [2.75, 3.05) is 0 Å². The van der Waals surface area contributed by atoms with Gasteiger partial charge in [-0.2, -0.15) is 0 Å². The van der Waals surface area contributed by atoms with Gasteiger partial charge in [0.1, 0.15) is 10.6 Å². The van der Waals surface area contributed by atoms with Crippen molar-refractivity contribution < 1.29 is 23.1 Å². The summed E-state index contributed by atoms with van der Waals surface area (Å²) >= 11 is 0. The fraction of sp³-hybridized carbons (Fsp3) is 0.364. The van der Waals surface area contributed by atoms with Crippen LogP contribution in [0.1, 0.15) is 30.6 Å². The summed E-state index contributed by atoms with van der Waals surface area (Å²) in [6.45, 7) is 3.65. The van der Waals surface area contributed by atoms with E-state index in [0.717, 1.165) is 6.07 Å². The van der Waals surface area contributed by atoms with E-state index >= 15 is 0 Å². The molecular weight excluding hydrogens is 280 g/mol. The Morgan fingerprint density at radius 3 is 2.56 bits per heavy atom. The van der Waals surface area contributed by atoms with Gasteiger partial charge in [-0.3, -0.25) is 0 Å². The summed E-state index contributed by atoms with van der Waals surface area (Å²) in [5, 5.41) is 8.82. The van der Waals surface area contributed by atoms with Crippen molar-refractivity contribution in [1.29, 1.82) is 0 Å². The molecule has 0 bridgehead atoms. The van der Waals surface area contributed by atoms with Gasteiger partial charge in [0, 0.05) is 10.7 Å². The van der Waals surface area contributed by atoms with Gasteiger partial charge in [0.25, 0.3) is 9.05 Å². The lowest BCUT2D eigenvalue weighted by Crippen LogP contribution is -2.12. The molecule has 1 N–H and O–H groups in total. The van der Waals surface area contributed by atoms with Gasteiger partial charge >= 0.3 is 5.97 Å². The lowest BCUT2D eigenvalue weighted by atomic mass is 10.2. The minimum Gasteiger partial charge on any atom is -0.489 e. The smallest absolute Gasteiger partial charge is 0.335 e. The highest BCUT2D eigenvalue weighted by molar-refractivity contribution is 8.13. The van der Waals surface area contributed by atoms with Crippen LogP contribution in [0.2, 0.25) is 0 Å². The predicted molar refractivity (Wildman–Crippen MR) is 66.8 cm³/mol. The molecule has 7 heteroatoms. The molecule has 0 aliphatic rings. The molecule has 0 spiro atoms. The summed E-state index contributed by atoms with van der Waals surface area (Å²) in [7, 11) is 1.21. The molecule has 5 nitrogen and oxygen atoms in total. The summed E-state index contributed by atoms with van der Waals surface area (Å²) in [6.07, 6.45) is 0.487. The Morgan fingerprint density at radius 2 is 2.11 bits per heavy atom. The molecule has 0 aromatic heterocycles. The third-order valence-corrected chi connectivity index (χ3v) is 3.70. The molecule has 0 saturated heterocycles. The molecule has 0 fully saturated rings. The third kappa shape index (κ3) is 3.61. The Labute approximate surface area is 110 Å². The predicted octanol–water partition coefficient (Wildman–Crippen LogP) is 2.49. The zero-order valence-electron chi connectivity index (χ0n) is 9.88. The van der Waals surface area contributed by atoms with Gasteiger partial charge in [-0.1, -0.05) is 6.92 Å². The standard InChI is InChI=1S/C11H13ClO5S/c1-3-7(2)17-9-5-4-8(11(13)14)6-10(9)18(12,15)16/h4-7H,3H2,1-2H3,(H,13,14). The lowest BCUT2D eigenvalue weighted by molar-refractivity contribution is 0.0696. The second-order valence-electron chi connectivity index (χ2n) is 3.74. The van der Waals surface area contributed by atoms with E-state index in [1.807, 2.05) is 6.92 Å². The number of carboxylic acids is 1. The maximum absolute atomic E-state index is 11.4. The fourth-order valence-electron chi connectivity index (χ4n) is 1.23. The summed E-state index contributed by atoms with van der Waals surface area (Å²) in [6, 6.07) is 3.55. The third-order valence-electron chi connectivity index (χ3n) is 2.36. The number of hydrogen-bond acceptors (Lipinski definition) is 4. The molecular formula is C11H13ClO5S. The van der Waals surface area contributed by atoms with Crippen molar-refractivity contribution in [2.45, 2.75) is 31.3 Å². The topological polar surface area (TPSA) is 80.7 Å². The van der Waals surface area contributed by atoms with Crippen molar-refractivity contribution in [3.63, 3.8) is 0 Å². The van der Waals surface area contributed by atoms with Gasteiger partial charge in [-0.15, -0.1) is 0 Å². The van der Waals surface area contributed by atoms with Crippen LogP contribution in [-0.2, 0) is 9.05 Å². The molecule has 18 heavy (non-hydrogen) atoms. The highest BCUT2D eigenvalue weighted by Crippen LogP contribution is 2.29. The first kappa shape index (κ1) is 14.8. The quantitative estimate of drug-likeness (QED) is 0.843. The van der Waals surface area contributed by atoms with Crippen molar-refractivity contribution >= 4 is 25.7 Å². The van der Waals surface area contributed by atoms with Gasteiger partial charge in [-0.25, -0.2) is 13.2 Å². The number of ether oxygens (including phenoxy) is 1. The van der Waals surface area contributed by atoms with E-state index in [1.165, 1.54) is 12.1 Å². The van der Waals surface area contributed by atoms with E-state index in [4.69, 9.17) is 20.5 Å². The molecule has 0 saturated carbocycles. The van der Waals surface area contributed by atoms with Gasteiger partial charge in [0.15, 0.2) is 0 Å². The molecule has 0 heterocycles. The number of rotatable bonds is 5. The number of halogens is 1. The van der Waals surface area contributed by atoms with Crippen LogP contribution < -0.4 is 4.74 Å². The monoisotopic (exact) mass is 292 g/mol. The largest absolute Gasteiger partial charge is 0.489 e. The molecule has 0 radical (unpaired) electrons. The normalized spacial score (nSPS) is 13.1. The first-order valence-electron chi connectivity index (χ1n) is 5.24. The zero-order chi connectivity index (χ0) is 13.9. The Morgan fingerprint density at radius 1 is 1.50 bits per heavy atom. The Bertz CT molecular complexity index is 553. The van der Waals surface area contributed by atoms with Crippen LogP contribution in [0.25, 0.3) is 0 Å². The van der Waals surface area contributed by atoms with Crippen LogP contribution in [0.3, 0.4) is 0 Å². The Kier molecular flexibility index (Phi) is 4.59. The fourth-order valence-corrected chi connectivity index (χ4v) is 2.22. The minimum atomic E-state index is -4.06. The van der Waals surface area contributed by atoms with Crippen LogP contribution in [0, 0.1) is 0 Å². The molecule has 100 valence electrons. The van der Waals surface area contributed by atoms with Gasteiger partial charge in [0.2, 0.25) is 0 Å². The van der Waals surface area contributed by atoms with E-state index in [9.17, 15) is 13.2 Å². The number of carboxylic acid groups (broad SMARTS) is 1. The summed E-state index contributed by atoms with van der Waals surface area (Å²) < 4.78 is 28.2. The highest BCUT2D eigenvalue weighted by atomic mass is 35.7. The molecule has 1 unspecified atom stereocenters. The average molecular weight is 293 g/mol. The first-order chi connectivity index (χ1) is 8.25. The van der Waals surface area contributed by atoms with E-state index in [1.54, 1.807) is 6.92 Å². The zero-order valence-corrected chi connectivity index (χ0v) is 11.5. The van der Waals surface area contributed by atoms with Crippen LogP contribution in [0.5, 0.6) is 5.75 Å². The van der Waals surface area contributed by atoms with E-state index < -0.39 is 15.0 Å². The van der Waals surface area contributed by atoms with Gasteiger partial charge in [0.05, 0.1) is 11.7 Å². The lowest BCUT2D eigenvalue weighted by Gasteiger charge is -2.15.